The minimum Gasteiger partial charge on any atom is -0.481 e. The van der Waals surface area contributed by atoms with Crippen molar-refractivity contribution in [3.05, 3.63) is 87.3 Å². The van der Waals surface area contributed by atoms with Crippen molar-refractivity contribution in [1.82, 2.24) is 30.8 Å². The molecule has 3 N–H and O–H groups in total. The molecule has 2 atom stereocenters. The minimum atomic E-state index is -0.292. The molecule has 7 rings (SSSR count). The average Bonchev–Trinajstić information content (AvgIpc) is 3.72. The van der Waals surface area contributed by atoms with Crippen LogP contribution in [0, 0.1) is 5.82 Å². The highest BCUT2D eigenvalue weighted by Gasteiger charge is 2.27. The number of ether oxygens (including phenoxy) is 1. The number of aromatic nitrogens is 2. The van der Waals surface area contributed by atoms with Gasteiger partial charge in [0.2, 0.25) is 17.7 Å². The Balaban J connectivity index is 1.11. The molecule has 0 aliphatic carbocycles. The number of pyridine rings is 2. The van der Waals surface area contributed by atoms with Crippen LogP contribution in [-0.4, -0.2) is 65.5 Å². The van der Waals surface area contributed by atoms with E-state index in [-0.39, 0.29) is 29.7 Å². The summed E-state index contributed by atoms with van der Waals surface area (Å²) in [5.41, 5.74) is 6.31. The number of methoxy groups -OCH3 is 1. The summed E-state index contributed by atoms with van der Waals surface area (Å²) in [5.74, 6) is 0.364. The van der Waals surface area contributed by atoms with Gasteiger partial charge in [0.15, 0.2) is 0 Å². The number of hydrogen-bond donors (Lipinski definition) is 3. The Morgan fingerprint density at radius 1 is 0.959 bits per heavy atom. The molecule has 2 fully saturated rings. The lowest BCUT2D eigenvalue weighted by Crippen LogP contribution is -2.41. The summed E-state index contributed by atoms with van der Waals surface area (Å²) < 4.78 is 21.3. The highest BCUT2D eigenvalue weighted by atomic mass is 35.5. The summed E-state index contributed by atoms with van der Waals surface area (Å²) in [6.45, 7) is 3.19. The van der Waals surface area contributed by atoms with E-state index in [0.29, 0.717) is 101 Å². The first-order valence-corrected chi connectivity index (χ1v) is 17.3. The van der Waals surface area contributed by atoms with Crippen LogP contribution in [0.3, 0.4) is 0 Å². The third kappa shape index (κ3) is 7.14. The maximum absolute atomic E-state index is 15.6. The SMILES string of the molecule is COc1nc(-c2cccc(-c3ccnc(-c4cc(F)c5c(c4)CCN(C[C@H]4CCC(=O)N4)C5)c3Cl)c2Cl)ccc1CNC[C@H]1CCC(=O)N1. The third-order valence-electron chi connectivity index (χ3n) is 9.58. The second-order valence-electron chi connectivity index (χ2n) is 12.9. The van der Waals surface area contributed by atoms with Gasteiger partial charge in [-0.3, -0.25) is 19.5 Å². The lowest BCUT2D eigenvalue weighted by molar-refractivity contribution is -0.120. The van der Waals surface area contributed by atoms with Gasteiger partial charge in [-0.1, -0.05) is 47.5 Å². The summed E-state index contributed by atoms with van der Waals surface area (Å²) in [7, 11) is 1.58. The highest BCUT2D eigenvalue weighted by molar-refractivity contribution is 6.39. The highest BCUT2D eigenvalue weighted by Crippen LogP contribution is 2.42. The van der Waals surface area contributed by atoms with E-state index >= 15 is 4.39 Å². The van der Waals surface area contributed by atoms with Gasteiger partial charge in [-0.2, -0.15) is 0 Å². The molecule has 2 saturated heterocycles. The zero-order valence-electron chi connectivity index (χ0n) is 27.1. The molecule has 0 unspecified atom stereocenters. The van der Waals surface area contributed by atoms with Gasteiger partial charge in [0.25, 0.3) is 0 Å². The minimum absolute atomic E-state index is 0.0847. The molecule has 4 aromatic rings. The fraction of sp³-hybridized carbons (Fsp3) is 0.351. The molecule has 2 amide bonds. The normalized spacial score (nSPS) is 19.1. The molecule has 2 aromatic heterocycles. The van der Waals surface area contributed by atoms with Crippen molar-refractivity contribution in [3.63, 3.8) is 0 Å². The van der Waals surface area contributed by atoms with Crippen molar-refractivity contribution in [2.45, 2.75) is 57.3 Å². The van der Waals surface area contributed by atoms with E-state index in [1.165, 1.54) is 6.07 Å². The second-order valence-corrected chi connectivity index (χ2v) is 13.6. The third-order valence-corrected chi connectivity index (χ3v) is 10.4. The van der Waals surface area contributed by atoms with Crippen LogP contribution in [0.2, 0.25) is 10.0 Å². The molecule has 5 heterocycles. The molecule has 254 valence electrons. The average molecular weight is 704 g/mol. The molecule has 12 heteroatoms. The number of nitrogens with zero attached hydrogens (tertiary/aromatic N) is 3. The number of benzene rings is 2. The Morgan fingerprint density at radius 3 is 2.47 bits per heavy atom. The maximum Gasteiger partial charge on any atom is 0.220 e. The van der Waals surface area contributed by atoms with Crippen LogP contribution < -0.4 is 20.7 Å². The van der Waals surface area contributed by atoms with Gasteiger partial charge in [-0.05, 0) is 49.1 Å². The van der Waals surface area contributed by atoms with Crippen LogP contribution in [0.15, 0.2) is 54.7 Å². The molecule has 0 radical (unpaired) electrons. The lowest BCUT2D eigenvalue weighted by atomic mass is 9.94. The molecule has 9 nitrogen and oxygen atoms in total. The van der Waals surface area contributed by atoms with Crippen LogP contribution in [0.25, 0.3) is 33.6 Å². The molecule has 2 aromatic carbocycles. The first kappa shape index (κ1) is 33.4. The van der Waals surface area contributed by atoms with E-state index in [2.05, 4.69) is 25.8 Å². The lowest BCUT2D eigenvalue weighted by Gasteiger charge is -2.31. The van der Waals surface area contributed by atoms with Crippen molar-refractivity contribution in [3.8, 4) is 39.5 Å². The zero-order chi connectivity index (χ0) is 34.1. The summed E-state index contributed by atoms with van der Waals surface area (Å²) in [6, 6.07) is 15.1. The second kappa shape index (κ2) is 14.4. The molecular weight excluding hydrogens is 666 g/mol. The van der Waals surface area contributed by atoms with Crippen LogP contribution >= 0.6 is 23.2 Å². The van der Waals surface area contributed by atoms with E-state index < -0.39 is 0 Å². The molecular formula is C37H37Cl2FN6O3. The largest absolute Gasteiger partial charge is 0.481 e. The predicted octanol–water partition coefficient (Wildman–Crippen LogP) is 5.94. The van der Waals surface area contributed by atoms with Crippen LogP contribution in [0.5, 0.6) is 5.88 Å². The zero-order valence-corrected chi connectivity index (χ0v) is 28.6. The van der Waals surface area contributed by atoms with E-state index in [1.54, 1.807) is 19.4 Å². The van der Waals surface area contributed by atoms with Crippen LogP contribution in [0.4, 0.5) is 4.39 Å². The van der Waals surface area contributed by atoms with Crippen molar-refractivity contribution in [2.75, 3.05) is 26.7 Å². The van der Waals surface area contributed by atoms with Gasteiger partial charge in [0.05, 0.1) is 28.5 Å². The molecule has 3 aliphatic rings. The molecule has 0 spiro atoms. The van der Waals surface area contributed by atoms with Crippen molar-refractivity contribution < 1.29 is 18.7 Å². The number of fused-ring (bicyclic) bond motifs is 1. The van der Waals surface area contributed by atoms with Crippen LogP contribution in [0.1, 0.15) is 42.4 Å². The van der Waals surface area contributed by atoms with Gasteiger partial charge in [-0.25, -0.2) is 9.37 Å². The fourth-order valence-electron chi connectivity index (χ4n) is 7.03. The van der Waals surface area contributed by atoms with Gasteiger partial charge in [0, 0.05) is 97.2 Å². The molecule has 0 bridgehead atoms. The van der Waals surface area contributed by atoms with Gasteiger partial charge >= 0.3 is 0 Å². The number of halogens is 3. The van der Waals surface area contributed by atoms with Gasteiger partial charge in [0.1, 0.15) is 5.82 Å². The first-order chi connectivity index (χ1) is 23.8. The van der Waals surface area contributed by atoms with Crippen molar-refractivity contribution in [1.29, 1.82) is 0 Å². The Kier molecular flexibility index (Phi) is 9.82. The molecule has 0 saturated carbocycles. The quantitative estimate of drug-likeness (QED) is 0.188. The monoisotopic (exact) mass is 702 g/mol. The van der Waals surface area contributed by atoms with Crippen molar-refractivity contribution >= 4 is 35.0 Å². The van der Waals surface area contributed by atoms with Crippen molar-refractivity contribution in [2.24, 2.45) is 0 Å². The number of carbonyl (C=O) groups excluding carboxylic acids is 2. The van der Waals surface area contributed by atoms with E-state index in [9.17, 15) is 9.59 Å². The standard InChI is InChI=1S/C37H37Cl2FN6O3/c1-49-37-22(17-41-18-24-6-9-32(47)43-24)5-8-31(45-37)28-4-2-3-26(34(28)38)27-11-13-42-36(35(27)39)23-15-21-12-14-46(20-29(21)30(40)16-23)19-25-7-10-33(48)44-25/h2-5,8,11,13,15-16,24-25,41H,6-7,9-10,12,14,17-20H2,1H3,(H,43,47)(H,44,48)/t24-,25-/m1/s1. The predicted molar refractivity (Wildman–Crippen MR) is 188 cm³/mol. The Morgan fingerprint density at radius 2 is 1.71 bits per heavy atom. The van der Waals surface area contributed by atoms with Gasteiger partial charge in [-0.15, -0.1) is 0 Å². The smallest absolute Gasteiger partial charge is 0.220 e. The first-order valence-electron chi connectivity index (χ1n) is 16.6. The maximum atomic E-state index is 15.6. The van der Waals surface area contributed by atoms with Crippen LogP contribution in [-0.2, 0) is 29.1 Å². The number of amides is 2. The number of hydrogen-bond acceptors (Lipinski definition) is 7. The van der Waals surface area contributed by atoms with E-state index in [0.717, 1.165) is 30.5 Å². The topological polar surface area (TPSA) is 108 Å². The summed E-state index contributed by atoms with van der Waals surface area (Å²) >= 11 is 14.1. The molecule has 49 heavy (non-hydrogen) atoms. The fourth-order valence-corrected chi connectivity index (χ4v) is 7.67. The number of rotatable bonds is 10. The number of nitrogens with one attached hydrogen (secondary N) is 3. The van der Waals surface area contributed by atoms with E-state index in [4.69, 9.17) is 32.9 Å². The summed E-state index contributed by atoms with van der Waals surface area (Å²) in [4.78, 5) is 34.7. The Bertz CT molecular complexity index is 1920. The Labute approximate surface area is 294 Å². The Hall–Kier alpha value is -4.09. The van der Waals surface area contributed by atoms with Gasteiger partial charge < -0.3 is 20.7 Å². The molecule has 3 aliphatic heterocycles. The summed E-state index contributed by atoms with van der Waals surface area (Å²) in [6.07, 6.45) is 5.11. The van der Waals surface area contributed by atoms with E-state index in [1.807, 2.05) is 36.4 Å². The summed E-state index contributed by atoms with van der Waals surface area (Å²) in [5, 5.41) is 10.2. The number of carbonyl (C=O) groups is 2.